The molecule has 0 unspecified atom stereocenters. The number of carbonyl (C=O) groups is 1. The Labute approximate surface area is 174 Å². The van der Waals surface area contributed by atoms with Crippen LogP contribution in [-0.4, -0.2) is 70.5 Å². The molecule has 1 aromatic carbocycles. The lowest BCUT2D eigenvalue weighted by Gasteiger charge is -2.43. The average Bonchev–Trinajstić information content (AvgIpc) is 3.01. The number of carbonyl (C=O) groups excluding carboxylic acids is 1. The second-order valence-corrected chi connectivity index (χ2v) is 9.06. The fourth-order valence-electron chi connectivity index (χ4n) is 5.44. The highest BCUT2D eigenvalue weighted by Crippen LogP contribution is 2.31. The monoisotopic (exact) mass is 394 g/mol. The molecule has 2 fully saturated rings. The minimum atomic E-state index is 0.319. The van der Waals surface area contributed by atoms with E-state index >= 15 is 0 Å². The zero-order chi connectivity index (χ0) is 19.8. The number of piperazine rings is 1. The van der Waals surface area contributed by atoms with Gasteiger partial charge in [-0.05, 0) is 37.3 Å². The van der Waals surface area contributed by atoms with Crippen LogP contribution < -0.4 is 0 Å². The van der Waals surface area contributed by atoms with Crippen LogP contribution in [0.25, 0.3) is 10.9 Å². The van der Waals surface area contributed by atoms with Gasteiger partial charge in [-0.15, -0.1) is 0 Å². The zero-order valence-corrected chi connectivity index (χ0v) is 17.8. The van der Waals surface area contributed by atoms with Crippen LogP contribution in [0.3, 0.4) is 0 Å². The molecule has 0 spiro atoms. The Morgan fingerprint density at radius 2 is 1.86 bits per heavy atom. The Balaban J connectivity index is 1.24. The molecule has 1 saturated carbocycles. The van der Waals surface area contributed by atoms with Crippen LogP contribution in [0.2, 0.25) is 0 Å². The fraction of sp³-hybridized carbons (Fsp3) is 0.625. The highest BCUT2D eigenvalue weighted by molar-refractivity contribution is 5.86. The second-order valence-electron chi connectivity index (χ2n) is 9.06. The van der Waals surface area contributed by atoms with Crippen LogP contribution in [0.1, 0.15) is 43.9 Å². The van der Waals surface area contributed by atoms with Crippen molar-refractivity contribution in [3.05, 3.63) is 35.5 Å². The maximum Gasteiger partial charge on any atom is 0.236 e. The van der Waals surface area contributed by atoms with Crippen molar-refractivity contribution in [3.63, 3.8) is 0 Å². The summed E-state index contributed by atoms with van der Waals surface area (Å²) >= 11 is 0. The SMILES string of the molecule is CCCn1c2c(c3ccccc31)CCN(CC(=O)N1CCN(C3CCC3)CC1)C2. The summed E-state index contributed by atoms with van der Waals surface area (Å²) in [4.78, 5) is 20.1. The third-order valence-electron chi connectivity index (χ3n) is 7.31. The molecule has 0 N–H and O–H groups in total. The third kappa shape index (κ3) is 3.59. The van der Waals surface area contributed by atoms with Crippen molar-refractivity contribution in [2.24, 2.45) is 0 Å². The predicted octanol–water partition coefficient (Wildman–Crippen LogP) is 3.11. The molecular weight excluding hydrogens is 360 g/mol. The van der Waals surface area contributed by atoms with Crippen molar-refractivity contribution in [2.75, 3.05) is 39.3 Å². The molecule has 29 heavy (non-hydrogen) atoms. The largest absolute Gasteiger partial charge is 0.343 e. The van der Waals surface area contributed by atoms with Crippen molar-refractivity contribution >= 4 is 16.8 Å². The molecule has 5 nitrogen and oxygen atoms in total. The van der Waals surface area contributed by atoms with Crippen LogP contribution in [-0.2, 0) is 24.3 Å². The summed E-state index contributed by atoms with van der Waals surface area (Å²) in [6, 6.07) is 9.61. The summed E-state index contributed by atoms with van der Waals surface area (Å²) in [5.74, 6) is 0.319. The molecule has 0 radical (unpaired) electrons. The van der Waals surface area contributed by atoms with Gasteiger partial charge in [0.25, 0.3) is 0 Å². The van der Waals surface area contributed by atoms with Gasteiger partial charge in [0.05, 0.1) is 6.54 Å². The van der Waals surface area contributed by atoms with Gasteiger partial charge in [-0.3, -0.25) is 14.6 Å². The van der Waals surface area contributed by atoms with Crippen LogP contribution in [0.4, 0.5) is 0 Å². The number of amides is 1. The first-order valence-electron chi connectivity index (χ1n) is 11.6. The van der Waals surface area contributed by atoms with E-state index in [1.54, 1.807) is 0 Å². The molecule has 5 heteroatoms. The van der Waals surface area contributed by atoms with Crippen LogP contribution >= 0.6 is 0 Å². The molecule has 1 amide bonds. The Morgan fingerprint density at radius 1 is 1.07 bits per heavy atom. The number of aryl methyl sites for hydroxylation is 1. The van der Waals surface area contributed by atoms with Gasteiger partial charge in [-0.1, -0.05) is 31.5 Å². The van der Waals surface area contributed by atoms with Gasteiger partial charge in [0.15, 0.2) is 0 Å². The van der Waals surface area contributed by atoms with Crippen molar-refractivity contribution in [1.29, 1.82) is 0 Å². The molecule has 1 aliphatic carbocycles. The number of aromatic nitrogens is 1. The smallest absolute Gasteiger partial charge is 0.236 e. The third-order valence-corrected chi connectivity index (χ3v) is 7.31. The highest BCUT2D eigenvalue weighted by Gasteiger charge is 2.31. The van der Waals surface area contributed by atoms with E-state index < -0.39 is 0 Å². The van der Waals surface area contributed by atoms with E-state index in [9.17, 15) is 4.79 Å². The number of para-hydroxylation sites is 1. The van der Waals surface area contributed by atoms with Gasteiger partial charge in [0.2, 0.25) is 5.91 Å². The number of hydrogen-bond acceptors (Lipinski definition) is 3. The predicted molar refractivity (Wildman–Crippen MR) is 117 cm³/mol. The van der Waals surface area contributed by atoms with Crippen LogP contribution in [0.5, 0.6) is 0 Å². The number of benzene rings is 1. The van der Waals surface area contributed by atoms with Crippen LogP contribution in [0.15, 0.2) is 24.3 Å². The molecular formula is C24H34N4O. The van der Waals surface area contributed by atoms with Gasteiger partial charge < -0.3 is 9.47 Å². The summed E-state index contributed by atoms with van der Waals surface area (Å²) in [7, 11) is 0. The molecule has 2 aliphatic heterocycles. The summed E-state index contributed by atoms with van der Waals surface area (Å²) < 4.78 is 2.50. The molecule has 3 aliphatic rings. The molecule has 3 heterocycles. The zero-order valence-electron chi connectivity index (χ0n) is 17.8. The van der Waals surface area contributed by atoms with Crippen LogP contribution in [0, 0.1) is 0 Å². The number of fused-ring (bicyclic) bond motifs is 3. The van der Waals surface area contributed by atoms with Gasteiger partial charge in [-0.2, -0.15) is 0 Å². The maximum absolute atomic E-state index is 13.0. The van der Waals surface area contributed by atoms with E-state index in [0.29, 0.717) is 12.5 Å². The molecule has 5 rings (SSSR count). The number of hydrogen-bond donors (Lipinski definition) is 0. The number of nitrogens with zero attached hydrogens (tertiary/aromatic N) is 4. The minimum absolute atomic E-state index is 0.319. The van der Waals surface area contributed by atoms with Crippen molar-refractivity contribution in [3.8, 4) is 0 Å². The van der Waals surface area contributed by atoms with Crippen molar-refractivity contribution in [1.82, 2.24) is 19.3 Å². The van der Waals surface area contributed by atoms with E-state index in [0.717, 1.165) is 64.7 Å². The Kier molecular flexibility index (Phi) is 5.35. The Hall–Kier alpha value is -1.85. The Morgan fingerprint density at radius 3 is 2.59 bits per heavy atom. The van der Waals surface area contributed by atoms with E-state index in [1.165, 1.54) is 41.4 Å². The number of rotatable bonds is 5. The maximum atomic E-state index is 13.0. The van der Waals surface area contributed by atoms with E-state index in [-0.39, 0.29) is 0 Å². The van der Waals surface area contributed by atoms with Gasteiger partial charge in [-0.25, -0.2) is 0 Å². The first-order valence-corrected chi connectivity index (χ1v) is 11.6. The van der Waals surface area contributed by atoms with Gasteiger partial charge >= 0.3 is 0 Å². The topological polar surface area (TPSA) is 31.7 Å². The normalized spacial score (nSPS) is 21.3. The first kappa shape index (κ1) is 19.1. The fourth-order valence-corrected chi connectivity index (χ4v) is 5.44. The molecule has 2 aromatic rings. The Bertz CT molecular complexity index is 876. The van der Waals surface area contributed by atoms with E-state index in [1.807, 2.05) is 0 Å². The standard InChI is InChI=1S/C24H34N4O/c1-2-11-28-22-9-4-3-8-20(22)21-10-12-25(17-23(21)28)18-24(29)27-15-13-26(14-16-27)19-6-5-7-19/h3-4,8-9,19H,2,5-7,10-18H2,1H3. The van der Waals surface area contributed by atoms with Gasteiger partial charge in [0, 0.05) is 68.5 Å². The highest BCUT2D eigenvalue weighted by atomic mass is 16.2. The lowest BCUT2D eigenvalue weighted by molar-refractivity contribution is -0.135. The summed E-state index contributed by atoms with van der Waals surface area (Å²) in [5, 5.41) is 1.41. The molecule has 1 saturated heterocycles. The van der Waals surface area contributed by atoms with Gasteiger partial charge in [0.1, 0.15) is 0 Å². The summed E-state index contributed by atoms with van der Waals surface area (Å²) in [6.45, 7) is 9.69. The molecule has 0 atom stereocenters. The summed E-state index contributed by atoms with van der Waals surface area (Å²) in [6.07, 6.45) is 6.28. The molecule has 0 bridgehead atoms. The quantitative estimate of drug-likeness (QED) is 0.781. The second kappa shape index (κ2) is 8.11. The lowest BCUT2D eigenvalue weighted by Crippen LogP contribution is -2.55. The summed E-state index contributed by atoms with van der Waals surface area (Å²) in [5.41, 5.74) is 4.30. The van der Waals surface area contributed by atoms with E-state index in [2.05, 4.69) is 50.5 Å². The van der Waals surface area contributed by atoms with Crippen molar-refractivity contribution in [2.45, 2.75) is 58.2 Å². The average molecular weight is 395 g/mol. The van der Waals surface area contributed by atoms with E-state index in [4.69, 9.17) is 0 Å². The van der Waals surface area contributed by atoms with Crippen molar-refractivity contribution < 1.29 is 4.79 Å². The minimum Gasteiger partial charge on any atom is -0.343 e. The first-order chi connectivity index (χ1) is 14.2. The lowest BCUT2D eigenvalue weighted by atomic mass is 9.91. The molecule has 156 valence electrons. The molecule has 1 aromatic heterocycles.